The van der Waals surface area contributed by atoms with Crippen molar-refractivity contribution in [2.75, 3.05) is 7.11 Å². The van der Waals surface area contributed by atoms with Crippen LogP contribution < -0.4 is 15.0 Å². The summed E-state index contributed by atoms with van der Waals surface area (Å²) in [4.78, 5) is 11.8. The maximum absolute atomic E-state index is 13.2. The molecule has 2 N–H and O–H groups in total. The number of methoxy groups -OCH3 is 1. The summed E-state index contributed by atoms with van der Waals surface area (Å²) in [5.74, 6) is 0.192. The van der Waals surface area contributed by atoms with Gasteiger partial charge in [-0.1, -0.05) is 26.2 Å². The molecule has 8 heteroatoms. The lowest BCUT2D eigenvalue weighted by atomic mass is 10.1. The lowest BCUT2D eigenvalue weighted by molar-refractivity contribution is -0.129. The summed E-state index contributed by atoms with van der Waals surface area (Å²) in [6.45, 7) is 2.03. The summed E-state index contributed by atoms with van der Waals surface area (Å²) in [5.41, 5.74) is 1.54. The van der Waals surface area contributed by atoms with Crippen molar-refractivity contribution < 1.29 is 27.9 Å². The van der Waals surface area contributed by atoms with Crippen LogP contribution >= 0.6 is 0 Å². The molecule has 1 aromatic carbocycles. The Morgan fingerprint density at radius 2 is 1.96 bits per heavy atom. The topological polar surface area (TPSA) is 102 Å². The Balaban J connectivity index is 2.29. The van der Waals surface area contributed by atoms with Crippen molar-refractivity contribution in [1.29, 1.82) is 0 Å². The van der Waals surface area contributed by atoms with Gasteiger partial charge in [0.05, 0.1) is 23.4 Å². The Hall–Kier alpha value is -1.80. The molecule has 1 aliphatic rings. The van der Waals surface area contributed by atoms with Crippen LogP contribution in [-0.4, -0.2) is 38.0 Å². The van der Waals surface area contributed by atoms with Crippen LogP contribution in [0.3, 0.4) is 0 Å². The van der Waals surface area contributed by atoms with Crippen molar-refractivity contribution in [2.24, 2.45) is 0 Å². The third-order valence-corrected chi connectivity index (χ3v) is 7.36. The maximum atomic E-state index is 13.2. The minimum atomic E-state index is -3.78. The molecule has 7 nitrogen and oxygen atoms in total. The molecule has 2 rings (SSSR count). The van der Waals surface area contributed by atoms with E-state index in [4.69, 9.17) is 14.7 Å². The van der Waals surface area contributed by atoms with Gasteiger partial charge in [0.2, 0.25) is 5.91 Å². The number of hydrogen-bond acceptors (Lipinski definition) is 6. The van der Waals surface area contributed by atoms with Gasteiger partial charge < -0.3 is 9.47 Å². The molecule has 1 fully saturated rings. The summed E-state index contributed by atoms with van der Waals surface area (Å²) in [5, 5.41) is 7.93. The Labute approximate surface area is 167 Å². The predicted molar refractivity (Wildman–Crippen MR) is 106 cm³/mol. The van der Waals surface area contributed by atoms with E-state index < -0.39 is 21.0 Å². The fraction of sp³-hybridized carbons (Fsp3) is 0.650. The summed E-state index contributed by atoms with van der Waals surface area (Å²) in [7, 11) is -2.26. The molecule has 0 spiro atoms. The van der Waals surface area contributed by atoms with E-state index in [1.807, 2.05) is 6.92 Å². The number of rotatable bonds is 11. The van der Waals surface area contributed by atoms with Crippen molar-refractivity contribution in [3.8, 4) is 11.5 Å². The number of amides is 1. The molecule has 1 aromatic rings. The molecular formula is C20H31NO6S. The first kappa shape index (κ1) is 22.5. The van der Waals surface area contributed by atoms with Gasteiger partial charge in [-0.05, 0) is 44.2 Å². The summed E-state index contributed by atoms with van der Waals surface area (Å²) < 4.78 is 37.8. The van der Waals surface area contributed by atoms with E-state index >= 15 is 0 Å². The molecule has 1 saturated carbocycles. The van der Waals surface area contributed by atoms with Crippen LogP contribution in [-0.2, 0) is 14.6 Å². The van der Waals surface area contributed by atoms with Crippen molar-refractivity contribution in [1.82, 2.24) is 5.48 Å². The summed E-state index contributed by atoms with van der Waals surface area (Å²) >= 11 is 0. The molecule has 0 heterocycles. The zero-order valence-corrected chi connectivity index (χ0v) is 17.5. The van der Waals surface area contributed by atoms with Crippen LogP contribution in [0.15, 0.2) is 23.1 Å². The zero-order valence-electron chi connectivity index (χ0n) is 16.6. The van der Waals surface area contributed by atoms with Crippen molar-refractivity contribution in [3.63, 3.8) is 0 Å². The molecular weight excluding hydrogens is 382 g/mol. The second-order valence-corrected chi connectivity index (χ2v) is 9.47. The van der Waals surface area contributed by atoms with Gasteiger partial charge in [0.1, 0.15) is 0 Å². The van der Waals surface area contributed by atoms with Gasteiger partial charge in [0, 0.05) is 12.5 Å². The molecule has 0 aliphatic heterocycles. The number of nitrogens with one attached hydrogen (secondary N) is 1. The minimum absolute atomic E-state index is 0.0624. The normalized spacial score (nSPS) is 16.0. The van der Waals surface area contributed by atoms with Crippen molar-refractivity contribution in [2.45, 2.75) is 81.0 Å². The van der Waals surface area contributed by atoms with Gasteiger partial charge >= 0.3 is 0 Å². The Morgan fingerprint density at radius 3 is 2.57 bits per heavy atom. The second-order valence-electron chi connectivity index (χ2n) is 7.24. The number of carbonyl (C=O) groups excluding carboxylic acids is 1. The third-order valence-electron chi connectivity index (χ3n) is 5.17. The quantitative estimate of drug-likeness (QED) is 0.326. The van der Waals surface area contributed by atoms with E-state index in [-0.39, 0.29) is 17.4 Å². The van der Waals surface area contributed by atoms with E-state index in [0.29, 0.717) is 24.3 Å². The van der Waals surface area contributed by atoms with Crippen LogP contribution in [0.2, 0.25) is 0 Å². The van der Waals surface area contributed by atoms with Gasteiger partial charge in [-0.25, -0.2) is 13.9 Å². The largest absolute Gasteiger partial charge is 0.493 e. The van der Waals surface area contributed by atoms with Gasteiger partial charge in [0.15, 0.2) is 21.3 Å². The highest BCUT2D eigenvalue weighted by atomic mass is 32.2. The van der Waals surface area contributed by atoms with Crippen molar-refractivity contribution in [3.05, 3.63) is 18.2 Å². The van der Waals surface area contributed by atoms with E-state index in [2.05, 4.69) is 0 Å². The number of hydrogen-bond donors (Lipinski definition) is 2. The number of sulfone groups is 1. The molecule has 1 amide bonds. The molecule has 28 heavy (non-hydrogen) atoms. The number of unbranched alkanes of at least 4 members (excludes halogenated alkanes) is 2. The number of hydroxylamine groups is 1. The standard InChI is InChI=1S/C20H31NO6S/c1-3-4-5-10-16(14-20(22)21-23)28(24,25)17-11-12-18(26-2)19(13-17)27-15-8-6-7-9-15/h11-13,15-16,23H,3-10,14H2,1-2H3,(H,21,22). The molecule has 0 aromatic heterocycles. The van der Waals surface area contributed by atoms with Gasteiger partial charge in [-0.3, -0.25) is 10.0 Å². The van der Waals surface area contributed by atoms with Crippen LogP contribution in [0.5, 0.6) is 11.5 Å². The average Bonchev–Trinajstić information content (AvgIpc) is 3.20. The number of benzene rings is 1. The predicted octanol–water partition coefficient (Wildman–Crippen LogP) is 3.63. The Morgan fingerprint density at radius 1 is 1.25 bits per heavy atom. The van der Waals surface area contributed by atoms with E-state index in [1.54, 1.807) is 6.07 Å². The highest BCUT2D eigenvalue weighted by molar-refractivity contribution is 7.92. The van der Waals surface area contributed by atoms with Crippen LogP contribution in [0.25, 0.3) is 0 Å². The minimum Gasteiger partial charge on any atom is -0.493 e. The van der Waals surface area contributed by atoms with Crippen LogP contribution in [0.4, 0.5) is 0 Å². The lowest BCUT2D eigenvalue weighted by Crippen LogP contribution is -2.30. The van der Waals surface area contributed by atoms with Crippen LogP contribution in [0, 0.1) is 0 Å². The molecule has 0 bridgehead atoms. The van der Waals surface area contributed by atoms with Gasteiger partial charge in [-0.2, -0.15) is 0 Å². The number of ether oxygens (including phenoxy) is 2. The van der Waals surface area contributed by atoms with E-state index in [1.165, 1.54) is 24.7 Å². The number of carbonyl (C=O) groups is 1. The third kappa shape index (κ3) is 5.85. The Kier molecular flexibility index (Phi) is 8.57. The van der Waals surface area contributed by atoms with Gasteiger partial charge in [-0.15, -0.1) is 0 Å². The lowest BCUT2D eigenvalue weighted by Gasteiger charge is -2.20. The highest BCUT2D eigenvalue weighted by Gasteiger charge is 2.30. The second kappa shape index (κ2) is 10.7. The SMILES string of the molecule is CCCCCC(CC(=O)NO)S(=O)(=O)c1ccc(OC)c(OC2CCCC2)c1. The summed E-state index contributed by atoms with van der Waals surface area (Å²) in [6, 6.07) is 4.57. The maximum Gasteiger partial charge on any atom is 0.244 e. The van der Waals surface area contributed by atoms with Crippen LogP contribution in [0.1, 0.15) is 64.7 Å². The molecule has 158 valence electrons. The fourth-order valence-electron chi connectivity index (χ4n) is 3.55. The van der Waals surface area contributed by atoms with Gasteiger partial charge in [0.25, 0.3) is 0 Å². The molecule has 1 aliphatic carbocycles. The Bertz CT molecular complexity index is 743. The fourth-order valence-corrected chi connectivity index (χ4v) is 5.31. The average molecular weight is 414 g/mol. The first-order valence-electron chi connectivity index (χ1n) is 9.93. The first-order chi connectivity index (χ1) is 13.4. The van der Waals surface area contributed by atoms with E-state index in [9.17, 15) is 13.2 Å². The highest BCUT2D eigenvalue weighted by Crippen LogP contribution is 2.35. The summed E-state index contributed by atoms with van der Waals surface area (Å²) in [6.07, 6.45) is 6.73. The molecule has 1 atom stereocenters. The monoisotopic (exact) mass is 413 g/mol. The molecule has 0 saturated heterocycles. The molecule has 1 unspecified atom stereocenters. The smallest absolute Gasteiger partial charge is 0.244 e. The molecule has 0 radical (unpaired) electrons. The first-order valence-corrected chi connectivity index (χ1v) is 11.5. The zero-order chi connectivity index (χ0) is 20.6. The van der Waals surface area contributed by atoms with E-state index in [0.717, 1.165) is 38.5 Å². The van der Waals surface area contributed by atoms with Crippen molar-refractivity contribution >= 4 is 15.7 Å².